The number of nitrogens with one attached hydrogen (secondary N) is 1. The average molecular weight is 242 g/mol. The molecule has 0 bridgehead atoms. The van der Waals surface area contributed by atoms with Gasteiger partial charge >= 0.3 is 6.09 Å². The summed E-state index contributed by atoms with van der Waals surface area (Å²) < 4.78 is 5.21. The van der Waals surface area contributed by atoms with Crippen LogP contribution in [0.15, 0.2) is 0 Å². The van der Waals surface area contributed by atoms with Gasteiger partial charge in [-0.15, -0.1) is 0 Å². The van der Waals surface area contributed by atoms with Crippen molar-refractivity contribution >= 4 is 6.09 Å². The van der Waals surface area contributed by atoms with E-state index in [-0.39, 0.29) is 12.2 Å². The lowest BCUT2D eigenvalue weighted by atomic mass is 9.90. The molecule has 1 saturated carbocycles. The maximum atomic E-state index is 11.7. The van der Waals surface area contributed by atoms with Crippen molar-refractivity contribution < 1.29 is 9.53 Å². The average Bonchev–Trinajstić information content (AvgIpc) is 2.28. The Morgan fingerprint density at radius 3 is 2.41 bits per heavy atom. The number of carbonyl (C=O) groups is 1. The van der Waals surface area contributed by atoms with Crippen molar-refractivity contribution in [3.05, 3.63) is 0 Å². The van der Waals surface area contributed by atoms with E-state index in [0.29, 0.717) is 12.1 Å². The molecule has 1 rings (SSSR count). The lowest BCUT2D eigenvalue weighted by molar-refractivity contribution is 0.0645. The van der Waals surface area contributed by atoms with E-state index in [1.54, 1.807) is 4.90 Å². The van der Waals surface area contributed by atoms with Crippen LogP contribution in [0, 0.1) is 0 Å². The molecule has 1 amide bonds. The molecule has 4 nitrogen and oxygen atoms in total. The van der Waals surface area contributed by atoms with E-state index in [1.807, 2.05) is 20.9 Å². The molecule has 0 aliphatic heterocycles. The maximum absolute atomic E-state index is 11.7. The highest BCUT2D eigenvalue weighted by Gasteiger charge is 2.27. The molecule has 1 aliphatic rings. The van der Waals surface area contributed by atoms with Crippen LogP contribution in [-0.2, 0) is 4.74 Å². The zero-order chi connectivity index (χ0) is 12.8. The molecule has 0 radical (unpaired) electrons. The second-order valence-corrected chi connectivity index (χ2v) is 5.11. The van der Waals surface area contributed by atoms with Crippen molar-refractivity contribution in [3.8, 4) is 0 Å². The third-order valence-electron chi connectivity index (χ3n) is 3.36. The summed E-state index contributed by atoms with van der Waals surface area (Å²) in [5.41, 5.74) is 0. The maximum Gasteiger partial charge on any atom is 0.410 e. The van der Waals surface area contributed by atoms with Crippen molar-refractivity contribution in [2.75, 3.05) is 13.6 Å². The SMILES string of the molecule is CCNC1CCC(N(C)C(=O)OC(C)C)CC1. The Balaban J connectivity index is 2.35. The number of ether oxygens (including phenoxy) is 1. The van der Waals surface area contributed by atoms with Gasteiger partial charge in [-0.25, -0.2) is 4.79 Å². The molecule has 1 fully saturated rings. The fourth-order valence-corrected chi connectivity index (χ4v) is 2.39. The van der Waals surface area contributed by atoms with Gasteiger partial charge in [0.15, 0.2) is 0 Å². The van der Waals surface area contributed by atoms with Crippen molar-refractivity contribution in [1.29, 1.82) is 0 Å². The van der Waals surface area contributed by atoms with Crippen LogP contribution in [0.2, 0.25) is 0 Å². The van der Waals surface area contributed by atoms with Crippen LogP contribution < -0.4 is 5.32 Å². The number of carbonyl (C=O) groups excluding carboxylic acids is 1. The lowest BCUT2D eigenvalue weighted by Gasteiger charge is -2.34. The molecule has 0 heterocycles. The van der Waals surface area contributed by atoms with Crippen LogP contribution in [0.1, 0.15) is 46.5 Å². The van der Waals surface area contributed by atoms with Crippen LogP contribution in [0.25, 0.3) is 0 Å². The molecule has 100 valence electrons. The largest absolute Gasteiger partial charge is 0.447 e. The Hall–Kier alpha value is -0.770. The molecule has 17 heavy (non-hydrogen) atoms. The van der Waals surface area contributed by atoms with Crippen molar-refractivity contribution in [3.63, 3.8) is 0 Å². The first kappa shape index (κ1) is 14.3. The minimum absolute atomic E-state index is 0.0388. The van der Waals surface area contributed by atoms with E-state index in [0.717, 1.165) is 32.2 Å². The number of hydrogen-bond acceptors (Lipinski definition) is 3. The normalized spacial score (nSPS) is 24.8. The zero-order valence-corrected chi connectivity index (χ0v) is 11.5. The topological polar surface area (TPSA) is 41.6 Å². The first-order chi connectivity index (χ1) is 8.04. The van der Waals surface area contributed by atoms with Gasteiger partial charge in [-0.2, -0.15) is 0 Å². The third-order valence-corrected chi connectivity index (χ3v) is 3.36. The first-order valence-corrected chi connectivity index (χ1v) is 6.71. The van der Waals surface area contributed by atoms with Crippen molar-refractivity contribution in [2.45, 2.75) is 64.6 Å². The van der Waals surface area contributed by atoms with E-state index < -0.39 is 0 Å². The number of hydrogen-bond donors (Lipinski definition) is 1. The second-order valence-electron chi connectivity index (χ2n) is 5.11. The van der Waals surface area contributed by atoms with Crippen LogP contribution in [-0.4, -0.2) is 42.8 Å². The molecule has 0 aromatic rings. The van der Waals surface area contributed by atoms with E-state index >= 15 is 0 Å². The Bertz CT molecular complexity index is 236. The summed E-state index contributed by atoms with van der Waals surface area (Å²) in [4.78, 5) is 13.5. The molecule has 4 heteroatoms. The van der Waals surface area contributed by atoms with Crippen molar-refractivity contribution in [1.82, 2.24) is 10.2 Å². The predicted octanol–water partition coefficient (Wildman–Crippen LogP) is 2.38. The fraction of sp³-hybridized carbons (Fsp3) is 0.923. The molecule has 0 unspecified atom stereocenters. The minimum Gasteiger partial charge on any atom is -0.447 e. The Morgan fingerprint density at radius 2 is 1.94 bits per heavy atom. The number of amides is 1. The molecule has 1 N–H and O–H groups in total. The van der Waals surface area contributed by atoms with Gasteiger partial charge in [-0.1, -0.05) is 6.92 Å². The van der Waals surface area contributed by atoms with Gasteiger partial charge in [-0.3, -0.25) is 0 Å². The molecule has 0 aromatic heterocycles. The molecular formula is C13H26N2O2. The van der Waals surface area contributed by atoms with E-state index in [2.05, 4.69) is 12.2 Å². The monoisotopic (exact) mass is 242 g/mol. The van der Waals surface area contributed by atoms with Crippen LogP contribution in [0.5, 0.6) is 0 Å². The van der Waals surface area contributed by atoms with Crippen LogP contribution in [0.4, 0.5) is 4.79 Å². The highest BCUT2D eigenvalue weighted by Crippen LogP contribution is 2.22. The molecule has 0 spiro atoms. The van der Waals surface area contributed by atoms with E-state index in [1.165, 1.54) is 0 Å². The summed E-state index contributed by atoms with van der Waals surface area (Å²) >= 11 is 0. The summed E-state index contributed by atoms with van der Waals surface area (Å²) in [7, 11) is 1.85. The van der Waals surface area contributed by atoms with Gasteiger partial charge in [0.1, 0.15) is 0 Å². The predicted molar refractivity (Wildman–Crippen MR) is 69.1 cm³/mol. The highest BCUT2D eigenvalue weighted by molar-refractivity contribution is 5.67. The van der Waals surface area contributed by atoms with Gasteiger partial charge in [0, 0.05) is 19.1 Å². The third kappa shape index (κ3) is 4.54. The van der Waals surface area contributed by atoms with Gasteiger partial charge < -0.3 is 15.0 Å². The van der Waals surface area contributed by atoms with Gasteiger partial charge in [0.25, 0.3) is 0 Å². The van der Waals surface area contributed by atoms with Crippen LogP contribution >= 0.6 is 0 Å². The summed E-state index contributed by atoms with van der Waals surface area (Å²) in [6.45, 7) is 6.93. The quantitative estimate of drug-likeness (QED) is 0.823. The lowest BCUT2D eigenvalue weighted by Crippen LogP contribution is -2.43. The van der Waals surface area contributed by atoms with E-state index in [4.69, 9.17) is 4.74 Å². The van der Waals surface area contributed by atoms with E-state index in [9.17, 15) is 4.79 Å². The highest BCUT2D eigenvalue weighted by atomic mass is 16.6. The summed E-state index contributed by atoms with van der Waals surface area (Å²) in [6, 6.07) is 0.974. The second kappa shape index (κ2) is 6.84. The molecule has 1 aliphatic carbocycles. The molecule has 0 aromatic carbocycles. The Morgan fingerprint density at radius 1 is 1.35 bits per heavy atom. The Kier molecular flexibility index (Phi) is 5.75. The number of nitrogens with zero attached hydrogens (tertiary/aromatic N) is 1. The summed E-state index contributed by atoms with van der Waals surface area (Å²) in [5, 5.41) is 3.47. The van der Waals surface area contributed by atoms with Crippen LogP contribution in [0.3, 0.4) is 0 Å². The number of rotatable bonds is 4. The summed E-state index contributed by atoms with van der Waals surface area (Å²) in [5.74, 6) is 0. The first-order valence-electron chi connectivity index (χ1n) is 6.71. The van der Waals surface area contributed by atoms with Gasteiger partial charge in [0.2, 0.25) is 0 Å². The standard InChI is InChI=1S/C13H26N2O2/c1-5-14-11-6-8-12(9-7-11)15(4)13(16)17-10(2)3/h10-12,14H,5-9H2,1-4H3. The van der Waals surface area contributed by atoms with Crippen molar-refractivity contribution in [2.24, 2.45) is 0 Å². The zero-order valence-electron chi connectivity index (χ0n) is 11.5. The summed E-state index contributed by atoms with van der Waals surface area (Å²) in [6.07, 6.45) is 4.22. The Labute approximate surface area is 105 Å². The smallest absolute Gasteiger partial charge is 0.410 e. The molecule has 0 saturated heterocycles. The van der Waals surface area contributed by atoms with Gasteiger partial charge in [-0.05, 0) is 46.1 Å². The molecule has 0 atom stereocenters. The van der Waals surface area contributed by atoms with Gasteiger partial charge in [0.05, 0.1) is 6.10 Å². The molecular weight excluding hydrogens is 216 g/mol. The fourth-order valence-electron chi connectivity index (χ4n) is 2.39. The minimum atomic E-state index is -0.188.